The van der Waals surface area contributed by atoms with Crippen LogP contribution in [0.25, 0.3) is 0 Å². The molecular weight excluding hydrogens is 192 g/mol. The summed E-state index contributed by atoms with van der Waals surface area (Å²) in [6.45, 7) is 5.58. The van der Waals surface area contributed by atoms with Crippen LogP contribution in [0.3, 0.4) is 0 Å². The number of hydrogen-bond donors (Lipinski definition) is 1. The third kappa shape index (κ3) is 2.15. The van der Waals surface area contributed by atoms with Crippen molar-refractivity contribution in [3.05, 3.63) is 16.1 Å². The molecule has 0 spiro atoms. The molecule has 1 saturated heterocycles. The van der Waals surface area contributed by atoms with Crippen molar-refractivity contribution >= 4 is 11.3 Å². The van der Waals surface area contributed by atoms with Crippen molar-refractivity contribution in [1.82, 2.24) is 10.3 Å². The summed E-state index contributed by atoms with van der Waals surface area (Å²) in [6, 6.07) is 0.578. The lowest BCUT2D eigenvalue weighted by atomic mass is 10.0. The number of hydrogen-bond acceptors (Lipinski definition) is 3. The van der Waals surface area contributed by atoms with Crippen LogP contribution in [0.15, 0.2) is 6.20 Å². The van der Waals surface area contributed by atoms with Crippen LogP contribution in [0.4, 0.5) is 0 Å². The summed E-state index contributed by atoms with van der Waals surface area (Å²) in [5.41, 5.74) is 0. The van der Waals surface area contributed by atoms with E-state index in [9.17, 15) is 0 Å². The molecule has 1 aliphatic rings. The van der Waals surface area contributed by atoms with Crippen LogP contribution < -0.4 is 5.32 Å². The number of nitrogens with one attached hydrogen (secondary N) is 1. The molecule has 0 saturated carbocycles. The minimum atomic E-state index is 0.567. The summed E-state index contributed by atoms with van der Waals surface area (Å²) < 4.78 is 0. The molecule has 78 valence electrons. The molecule has 3 heteroatoms. The molecule has 0 aromatic carbocycles. The summed E-state index contributed by atoms with van der Waals surface area (Å²) in [4.78, 5) is 5.89. The van der Waals surface area contributed by atoms with Gasteiger partial charge in [-0.1, -0.05) is 20.3 Å². The second-order valence-corrected chi connectivity index (χ2v) is 5.35. The maximum Gasteiger partial charge on any atom is 0.0953 e. The Morgan fingerprint density at radius 1 is 1.50 bits per heavy atom. The lowest BCUT2D eigenvalue weighted by molar-refractivity contribution is 0.417. The number of aromatic nitrogens is 1. The molecule has 1 unspecified atom stereocenters. The smallest absolute Gasteiger partial charge is 0.0953 e. The first-order chi connectivity index (χ1) is 6.77. The minimum Gasteiger partial charge on any atom is -0.309 e. The van der Waals surface area contributed by atoms with Gasteiger partial charge < -0.3 is 5.32 Å². The molecule has 1 atom stereocenters. The van der Waals surface area contributed by atoms with Crippen LogP contribution >= 0.6 is 11.3 Å². The van der Waals surface area contributed by atoms with Gasteiger partial charge in [-0.15, -0.1) is 11.3 Å². The van der Waals surface area contributed by atoms with Crippen LogP contribution in [0.1, 0.15) is 55.0 Å². The van der Waals surface area contributed by atoms with Crippen molar-refractivity contribution < 1.29 is 0 Å². The molecule has 2 heterocycles. The molecule has 1 N–H and O–H groups in total. The standard InChI is InChI=1S/C11H18N2S/c1-8(2)11-13-7-10(14-11)9-5-3-4-6-12-9/h7-9,12H,3-6H2,1-2H3. The van der Waals surface area contributed by atoms with Crippen molar-refractivity contribution in [3.8, 4) is 0 Å². The Morgan fingerprint density at radius 3 is 2.93 bits per heavy atom. The van der Waals surface area contributed by atoms with E-state index in [1.54, 1.807) is 0 Å². The van der Waals surface area contributed by atoms with Gasteiger partial charge in [0.25, 0.3) is 0 Å². The second kappa shape index (κ2) is 4.41. The van der Waals surface area contributed by atoms with Crippen LogP contribution in [0, 0.1) is 0 Å². The second-order valence-electron chi connectivity index (χ2n) is 4.26. The zero-order valence-corrected chi connectivity index (χ0v) is 9.73. The van der Waals surface area contributed by atoms with Crippen LogP contribution in [0.5, 0.6) is 0 Å². The maximum absolute atomic E-state index is 4.47. The van der Waals surface area contributed by atoms with E-state index >= 15 is 0 Å². The van der Waals surface area contributed by atoms with E-state index in [1.807, 2.05) is 11.3 Å². The molecule has 2 nitrogen and oxygen atoms in total. The highest BCUT2D eigenvalue weighted by molar-refractivity contribution is 7.11. The van der Waals surface area contributed by atoms with E-state index < -0.39 is 0 Å². The predicted molar refractivity (Wildman–Crippen MR) is 60.8 cm³/mol. The highest BCUT2D eigenvalue weighted by Gasteiger charge is 2.17. The average Bonchev–Trinajstić information content (AvgIpc) is 2.68. The zero-order valence-electron chi connectivity index (χ0n) is 8.92. The van der Waals surface area contributed by atoms with E-state index in [2.05, 4.69) is 30.3 Å². The number of piperidine rings is 1. The van der Waals surface area contributed by atoms with Crippen molar-refractivity contribution in [2.24, 2.45) is 0 Å². The molecule has 1 fully saturated rings. The average molecular weight is 210 g/mol. The normalized spacial score (nSPS) is 22.9. The molecule has 1 aliphatic heterocycles. The quantitative estimate of drug-likeness (QED) is 0.811. The van der Waals surface area contributed by atoms with E-state index in [4.69, 9.17) is 0 Å². The predicted octanol–water partition coefficient (Wildman–Crippen LogP) is 3.08. The van der Waals surface area contributed by atoms with Gasteiger partial charge in [0.1, 0.15) is 0 Å². The monoisotopic (exact) mass is 210 g/mol. The summed E-state index contributed by atoms with van der Waals surface area (Å²) in [6.07, 6.45) is 6.02. The molecular formula is C11H18N2S. The van der Waals surface area contributed by atoms with Crippen LogP contribution in [0.2, 0.25) is 0 Å². The minimum absolute atomic E-state index is 0.567. The van der Waals surface area contributed by atoms with Crippen molar-refractivity contribution in [2.45, 2.75) is 45.1 Å². The fraction of sp³-hybridized carbons (Fsp3) is 0.727. The Labute approximate surface area is 89.8 Å². The van der Waals surface area contributed by atoms with Crippen molar-refractivity contribution in [1.29, 1.82) is 0 Å². The van der Waals surface area contributed by atoms with Gasteiger partial charge in [0.05, 0.1) is 5.01 Å². The van der Waals surface area contributed by atoms with Crippen LogP contribution in [-0.4, -0.2) is 11.5 Å². The van der Waals surface area contributed by atoms with Gasteiger partial charge in [0, 0.05) is 23.0 Å². The summed E-state index contributed by atoms with van der Waals surface area (Å²) >= 11 is 1.87. The van der Waals surface area contributed by atoms with E-state index in [1.165, 1.54) is 35.7 Å². The number of rotatable bonds is 2. The van der Waals surface area contributed by atoms with Gasteiger partial charge in [-0.2, -0.15) is 0 Å². The Kier molecular flexibility index (Phi) is 3.19. The Hall–Kier alpha value is -0.410. The third-order valence-corrected chi connectivity index (χ3v) is 4.10. The topological polar surface area (TPSA) is 24.9 Å². The molecule has 0 amide bonds. The number of thiazole rings is 1. The molecule has 0 aliphatic carbocycles. The molecule has 1 aromatic rings. The molecule has 2 rings (SSSR count). The van der Waals surface area contributed by atoms with E-state index in [-0.39, 0.29) is 0 Å². The highest BCUT2D eigenvalue weighted by atomic mass is 32.1. The first kappa shape index (κ1) is 10.1. The van der Waals surface area contributed by atoms with Gasteiger partial charge in [0.2, 0.25) is 0 Å². The first-order valence-electron chi connectivity index (χ1n) is 5.46. The van der Waals surface area contributed by atoms with E-state index in [0.29, 0.717) is 12.0 Å². The zero-order chi connectivity index (χ0) is 9.97. The fourth-order valence-electron chi connectivity index (χ4n) is 1.82. The van der Waals surface area contributed by atoms with Gasteiger partial charge in [0.15, 0.2) is 0 Å². The fourth-order valence-corrected chi connectivity index (χ4v) is 2.85. The third-order valence-electron chi connectivity index (χ3n) is 2.69. The Balaban J connectivity index is 2.07. The molecule has 14 heavy (non-hydrogen) atoms. The Bertz CT molecular complexity index is 287. The van der Waals surface area contributed by atoms with Gasteiger partial charge in [-0.05, 0) is 19.4 Å². The van der Waals surface area contributed by atoms with E-state index in [0.717, 1.165) is 0 Å². The van der Waals surface area contributed by atoms with Crippen molar-refractivity contribution in [3.63, 3.8) is 0 Å². The van der Waals surface area contributed by atoms with Gasteiger partial charge >= 0.3 is 0 Å². The highest BCUT2D eigenvalue weighted by Crippen LogP contribution is 2.30. The molecule has 1 aromatic heterocycles. The number of nitrogens with zero attached hydrogens (tertiary/aromatic N) is 1. The SMILES string of the molecule is CC(C)c1ncc(C2CCCCN2)s1. The summed E-state index contributed by atoms with van der Waals surface area (Å²) in [5, 5.41) is 4.83. The molecule has 0 radical (unpaired) electrons. The summed E-state index contributed by atoms with van der Waals surface area (Å²) in [7, 11) is 0. The van der Waals surface area contributed by atoms with Gasteiger partial charge in [-0.3, -0.25) is 0 Å². The Morgan fingerprint density at radius 2 is 2.36 bits per heavy atom. The first-order valence-corrected chi connectivity index (χ1v) is 6.28. The maximum atomic E-state index is 4.47. The lowest BCUT2D eigenvalue weighted by Gasteiger charge is -2.21. The molecule has 0 bridgehead atoms. The lowest BCUT2D eigenvalue weighted by Crippen LogP contribution is -2.25. The van der Waals surface area contributed by atoms with Gasteiger partial charge in [-0.25, -0.2) is 4.98 Å². The summed E-state index contributed by atoms with van der Waals surface area (Å²) in [5.74, 6) is 0.567. The van der Waals surface area contributed by atoms with Crippen LogP contribution in [-0.2, 0) is 0 Å². The van der Waals surface area contributed by atoms with Crippen molar-refractivity contribution in [2.75, 3.05) is 6.54 Å². The largest absolute Gasteiger partial charge is 0.309 e.